The van der Waals surface area contributed by atoms with E-state index in [4.69, 9.17) is 38.4 Å². The van der Waals surface area contributed by atoms with Crippen molar-refractivity contribution in [2.24, 2.45) is 0 Å². The maximum atomic E-state index is 6.13. The van der Waals surface area contributed by atoms with E-state index in [1.165, 1.54) is 0 Å². The second-order valence-electron chi connectivity index (χ2n) is 4.25. The Bertz CT molecular complexity index is 655. The summed E-state index contributed by atoms with van der Waals surface area (Å²) in [6.45, 7) is 2.46. The molecule has 0 radical (unpaired) electrons. The molecular weight excluding hydrogens is 289 g/mol. The maximum absolute atomic E-state index is 6.13. The topological polar surface area (TPSA) is 62.3 Å². The predicted octanol–water partition coefficient (Wildman–Crippen LogP) is 2.86. The molecule has 1 aliphatic rings. The molecule has 5 nitrogen and oxygen atoms in total. The van der Waals surface area contributed by atoms with Crippen LogP contribution in [0.3, 0.4) is 0 Å². The van der Waals surface area contributed by atoms with Crippen LogP contribution < -0.4 is 15.2 Å². The van der Waals surface area contributed by atoms with Crippen LogP contribution in [0.2, 0.25) is 10.0 Å². The zero-order valence-electron chi connectivity index (χ0n) is 10.1. The van der Waals surface area contributed by atoms with Gasteiger partial charge >= 0.3 is 0 Å². The summed E-state index contributed by atoms with van der Waals surface area (Å²) in [5.41, 5.74) is 7.50. The van der Waals surface area contributed by atoms with E-state index in [9.17, 15) is 0 Å². The minimum atomic E-state index is 0.188. The van der Waals surface area contributed by atoms with E-state index in [-0.39, 0.29) is 6.79 Å². The highest BCUT2D eigenvalue weighted by molar-refractivity contribution is 6.33. The zero-order chi connectivity index (χ0) is 13.6. The highest BCUT2D eigenvalue weighted by Gasteiger charge is 2.19. The number of anilines is 1. The molecule has 0 spiro atoms. The van der Waals surface area contributed by atoms with Gasteiger partial charge in [0, 0.05) is 0 Å². The van der Waals surface area contributed by atoms with Gasteiger partial charge in [-0.1, -0.05) is 23.2 Å². The summed E-state index contributed by atoms with van der Waals surface area (Å²) in [6.07, 6.45) is 0. The first-order valence-corrected chi connectivity index (χ1v) is 6.38. The first-order valence-electron chi connectivity index (χ1n) is 5.62. The SMILES string of the molecule is Cc1nn(Cc2cc(Cl)c3c(c2)OCO3)c(N)c1Cl. The number of rotatable bonds is 2. The lowest BCUT2D eigenvalue weighted by Crippen LogP contribution is -2.06. The van der Waals surface area contributed by atoms with Gasteiger partial charge in [0.1, 0.15) is 10.8 Å². The van der Waals surface area contributed by atoms with Crippen LogP contribution in [0, 0.1) is 6.92 Å². The summed E-state index contributed by atoms with van der Waals surface area (Å²) in [5, 5.41) is 5.26. The number of nitrogens with zero attached hydrogens (tertiary/aromatic N) is 2. The van der Waals surface area contributed by atoms with Crippen LogP contribution in [0.4, 0.5) is 5.82 Å². The van der Waals surface area contributed by atoms with Crippen LogP contribution >= 0.6 is 23.2 Å². The van der Waals surface area contributed by atoms with Crippen LogP contribution in [-0.4, -0.2) is 16.6 Å². The van der Waals surface area contributed by atoms with Gasteiger partial charge in [-0.2, -0.15) is 5.10 Å². The number of hydrogen-bond donors (Lipinski definition) is 1. The minimum absolute atomic E-state index is 0.188. The van der Waals surface area contributed by atoms with Crippen molar-refractivity contribution >= 4 is 29.0 Å². The fraction of sp³-hybridized carbons (Fsp3) is 0.250. The summed E-state index contributed by atoms with van der Waals surface area (Å²) >= 11 is 12.1. The van der Waals surface area contributed by atoms with Crippen molar-refractivity contribution in [2.75, 3.05) is 12.5 Å². The van der Waals surface area contributed by atoms with Crippen LogP contribution in [0.25, 0.3) is 0 Å². The van der Waals surface area contributed by atoms with Crippen molar-refractivity contribution in [1.82, 2.24) is 9.78 Å². The molecule has 1 aromatic heterocycles. The molecule has 2 heterocycles. The number of ether oxygens (including phenoxy) is 2. The largest absolute Gasteiger partial charge is 0.454 e. The first kappa shape index (κ1) is 12.4. The van der Waals surface area contributed by atoms with Gasteiger partial charge < -0.3 is 15.2 Å². The van der Waals surface area contributed by atoms with Gasteiger partial charge in [0.2, 0.25) is 6.79 Å². The van der Waals surface area contributed by atoms with Crippen molar-refractivity contribution < 1.29 is 9.47 Å². The van der Waals surface area contributed by atoms with Crippen molar-refractivity contribution in [1.29, 1.82) is 0 Å². The number of benzene rings is 1. The number of fused-ring (bicyclic) bond motifs is 1. The highest BCUT2D eigenvalue weighted by Crippen LogP contribution is 2.40. The van der Waals surface area contributed by atoms with Gasteiger partial charge in [-0.05, 0) is 24.6 Å². The number of nitrogen functional groups attached to an aromatic ring is 1. The van der Waals surface area contributed by atoms with Crippen molar-refractivity contribution in [3.63, 3.8) is 0 Å². The molecule has 0 saturated heterocycles. The van der Waals surface area contributed by atoms with Gasteiger partial charge in [-0.15, -0.1) is 0 Å². The lowest BCUT2D eigenvalue weighted by molar-refractivity contribution is 0.174. The molecule has 100 valence electrons. The second-order valence-corrected chi connectivity index (χ2v) is 5.04. The van der Waals surface area contributed by atoms with E-state index in [1.54, 1.807) is 10.7 Å². The molecule has 0 bridgehead atoms. The number of nitrogens with two attached hydrogens (primary N) is 1. The third-order valence-electron chi connectivity index (χ3n) is 2.91. The molecule has 2 N–H and O–H groups in total. The normalized spacial score (nSPS) is 13.0. The minimum Gasteiger partial charge on any atom is -0.454 e. The average Bonchev–Trinajstić information content (AvgIpc) is 2.92. The smallest absolute Gasteiger partial charge is 0.231 e. The van der Waals surface area contributed by atoms with Crippen LogP contribution in [-0.2, 0) is 6.54 Å². The Kier molecular flexibility index (Phi) is 2.95. The third-order valence-corrected chi connectivity index (χ3v) is 3.66. The van der Waals surface area contributed by atoms with Crippen molar-refractivity contribution in [2.45, 2.75) is 13.5 Å². The predicted molar refractivity (Wildman–Crippen MR) is 73.1 cm³/mol. The average molecular weight is 300 g/mol. The van der Waals surface area contributed by atoms with E-state index in [0.717, 1.165) is 5.56 Å². The van der Waals surface area contributed by atoms with E-state index in [1.807, 2.05) is 13.0 Å². The molecule has 0 atom stereocenters. The van der Waals surface area contributed by atoms with Gasteiger partial charge in [-0.3, -0.25) is 0 Å². The summed E-state index contributed by atoms with van der Waals surface area (Å²) in [4.78, 5) is 0. The lowest BCUT2D eigenvalue weighted by atomic mass is 10.2. The van der Waals surface area contributed by atoms with E-state index >= 15 is 0 Å². The van der Waals surface area contributed by atoms with E-state index in [0.29, 0.717) is 39.6 Å². The molecule has 0 unspecified atom stereocenters. The molecule has 1 aromatic carbocycles. The second kappa shape index (κ2) is 4.51. The number of hydrogen-bond acceptors (Lipinski definition) is 4. The Labute approximate surface area is 119 Å². The van der Waals surface area contributed by atoms with E-state index in [2.05, 4.69) is 5.10 Å². The Hall–Kier alpha value is -1.59. The van der Waals surface area contributed by atoms with Gasteiger partial charge in [0.15, 0.2) is 11.5 Å². The standard InChI is InChI=1S/C12H11Cl2N3O2/c1-6-10(14)12(15)17(16-6)4-7-2-8(13)11-9(3-7)18-5-19-11/h2-3H,4-5,15H2,1H3. The molecule has 1 aliphatic heterocycles. The Morgan fingerprint density at radius 1 is 1.37 bits per heavy atom. The van der Waals surface area contributed by atoms with Crippen LogP contribution in [0.15, 0.2) is 12.1 Å². The molecule has 7 heteroatoms. The summed E-state index contributed by atoms with van der Waals surface area (Å²) in [6, 6.07) is 3.66. The molecule has 0 saturated carbocycles. The molecule has 2 aromatic rings. The zero-order valence-corrected chi connectivity index (χ0v) is 11.6. The number of halogens is 2. The molecule has 3 rings (SSSR count). The molecule has 0 fully saturated rings. The van der Waals surface area contributed by atoms with Gasteiger partial charge in [0.05, 0.1) is 17.3 Å². The Morgan fingerprint density at radius 3 is 2.84 bits per heavy atom. The monoisotopic (exact) mass is 299 g/mol. The summed E-state index contributed by atoms with van der Waals surface area (Å²) < 4.78 is 12.2. The third kappa shape index (κ3) is 2.09. The lowest BCUT2D eigenvalue weighted by Gasteiger charge is -2.07. The molecule has 19 heavy (non-hydrogen) atoms. The first-order chi connectivity index (χ1) is 9.06. The fourth-order valence-corrected chi connectivity index (χ4v) is 2.41. The van der Waals surface area contributed by atoms with Crippen LogP contribution in [0.1, 0.15) is 11.3 Å². The van der Waals surface area contributed by atoms with E-state index < -0.39 is 0 Å². The fourth-order valence-electron chi connectivity index (χ4n) is 1.98. The van der Waals surface area contributed by atoms with Gasteiger partial charge in [0.25, 0.3) is 0 Å². The van der Waals surface area contributed by atoms with Gasteiger partial charge in [-0.25, -0.2) is 4.68 Å². The van der Waals surface area contributed by atoms with Crippen molar-refractivity contribution in [3.05, 3.63) is 33.4 Å². The molecule has 0 aliphatic carbocycles. The Morgan fingerprint density at radius 2 is 2.16 bits per heavy atom. The molecular formula is C12H11Cl2N3O2. The maximum Gasteiger partial charge on any atom is 0.231 e. The highest BCUT2D eigenvalue weighted by atomic mass is 35.5. The number of aromatic nitrogens is 2. The summed E-state index contributed by atoms with van der Waals surface area (Å²) in [5.74, 6) is 1.65. The van der Waals surface area contributed by atoms with Crippen molar-refractivity contribution in [3.8, 4) is 11.5 Å². The van der Waals surface area contributed by atoms with Crippen LogP contribution in [0.5, 0.6) is 11.5 Å². The number of aryl methyl sites for hydroxylation is 1. The quantitative estimate of drug-likeness (QED) is 0.926. The summed E-state index contributed by atoms with van der Waals surface area (Å²) in [7, 11) is 0. The Balaban J connectivity index is 1.95. The molecule has 0 amide bonds.